The molecule has 4 nitrogen and oxygen atoms in total. The van der Waals surface area contributed by atoms with Gasteiger partial charge in [-0.05, 0) is 30.5 Å². The summed E-state index contributed by atoms with van der Waals surface area (Å²) in [6, 6.07) is 8.83. The summed E-state index contributed by atoms with van der Waals surface area (Å²) in [5.41, 5.74) is 6.95. The maximum atomic E-state index is 11.9. The van der Waals surface area contributed by atoms with Crippen LogP contribution < -0.4 is 15.8 Å². The average Bonchev–Trinajstić information content (AvgIpc) is 2.86. The van der Waals surface area contributed by atoms with Gasteiger partial charge in [-0.2, -0.15) is 0 Å². The number of hydrogen-bond donors (Lipinski definition) is 2. The lowest BCUT2D eigenvalue weighted by Crippen LogP contribution is -2.11. The molecule has 0 saturated heterocycles. The van der Waals surface area contributed by atoms with Crippen LogP contribution in [0.25, 0.3) is 0 Å². The highest BCUT2D eigenvalue weighted by Crippen LogP contribution is 2.25. The van der Waals surface area contributed by atoms with Gasteiger partial charge in [-0.3, -0.25) is 4.79 Å². The Labute approximate surface area is 109 Å². The molecule has 1 aromatic heterocycles. The number of amides is 1. The molecule has 0 fully saturated rings. The normalized spacial score (nSPS) is 10.1. The van der Waals surface area contributed by atoms with Gasteiger partial charge in [-0.15, -0.1) is 11.3 Å². The summed E-state index contributed by atoms with van der Waals surface area (Å²) < 4.78 is 5.33. The Morgan fingerprint density at radius 3 is 2.89 bits per heavy atom. The molecule has 1 heterocycles. The number of anilines is 2. The first-order chi connectivity index (χ1) is 8.70. The zero-order chi connectivity index (χ0) is 13.0. The largest absolute Gasteiger partial charge is 0.494 e. The maximum absolute atomic E-state index is 11.9. The summed E-state index contributed by atoms with van der Waals surface area (Å²) >= 11 is 1.39. The SMILES string of the molecule is CCOc1ccc(NC(=O)c2cccs2)c(N)c1. The van der Waals surface area contributed by atoms with Crippen molar-refractivity contribution in [3.63, 3.8) is 0 Å². The van der Waals surface area contributed by atoms with E-state index in [1.807, 2.05) is 18.4 Å². The zero-order valence-corrected chi connectivity index (χ0v) is 10.8. The van der Waals surface area contributed by atoms with Crippen LogP contribution in [-0.4, -0.2) is 12.5 Å². The number of benzene rings is 1. The number of hydrogen-bond acceptors (Lipinski definition) is 4. The summed E-state index contributed by atoms with van der Waals surface area (Å²) in [4.78, 5) is 12.5. The van der Waals surface area contributed by atoms with E-state index in [0.29, 0.717) is 28.6 Å². The Bertz CT molecular complexity index is 538. The van der Waals surface area contributed by atoms with E-state index in [4.69, 9.17) is 10.5 Å². The zero-order valence-electron chi connectivity index (χ0n) is 9.97. The maximum Gasteiger partial charge on any atom is 0.265 e. The van der Waals surface area contributed by atoms with Gasteiger partial charge in [0.2, 0.25) is 0 Å². The van der Waals surface area contributed by atoms with Gasteiger partial charge in [0.05, 0.1) is 22.9 Å². The molecule has 0 radical (unpaired) electrons. The van der Waals surface area contributed by atoms with Crippen molar-refractivity contribution in [2.45, 2.75) is 6.92 Å². The second kappa shape index (κ2) is 5.55. The van der Waals surface area contributed by atoms with E-state index in [2.05, 4.69) is 5.32 Å². The Kier molecular flexibility index (Phi) is 3.84. The summed E-state index contributed by atoms with van der Waals surface area (Å²) in [5.74, 6) is 0.546. The standard InChI is InChI=1S/C13H14N2O2S/c1-2-17-9-5-6-11(10(14)8-9)15-13(16)12-4-3-7-18-12/h3-8H,2,14H2,1H3,(H,15,16). The second-order valence-corrected chi connectivity index (χ2v) is 4.56. The van der Waals surface area contributed by atoms with E-state index in [1.54, 1.807) is 24.3 Å². The van der Waals surface area contributed by atoms with Crippen LogP contribution in [0.4, 0.5) is 11.4 Å². The molecule has 0 saturated carbocycles. The molecule has 0 aliphatic carbocycles. The predicted octanol–water partition coefficient (Wildman–Crippen LogP) is 2.98. The fourth-order valence-corrected chi connectivity index (χ4v) is 2.12. The van der Waals surface area contributed by atoms with Gasteiger partial charge in [-0.25, -0.2) is 0 Å². The lowest BCUT2D eigenvalue weighted by Gasteiger charge is -2.09. The minimum Gasteiger partial charge on any atom is -0.494 e. The van der Waals surface area contributed by atoms with Gasteiger partial charge in [0.1, 0.15) is 5.75 Å². The van der Waals surface area contributed by atoms with Gasteiger partial charge >= 0.3 is 0 Å². The molecular weight excluding hydrogens is 248 g/mol. The van der Waals surface area contributed by atoms with Crippen LogP contribution in [0, 0.1) is 0 Å². The molecular formula is C13H14N2O2S. The number of rotatable bonds is 4. The Balaban J connectivity index is 2.12. The van der Waals surface area contributed by atoms with Crippen molar-refractivity contribution >= 4 is 28.6 Å². The first kappa shape index (κ1) is 12.4. The van der Waals surface area contributed by atoms with E-state index in [1.165, 1.54) is 11.3 Å². The Morgan fingerprint density at radius 2 is 2.28 bits per heavy atom. The summed E-state index contributed by atoms with van der Waals surface area (Å²) in [6.07, 6.45) is 0. The van der Waals surface area contributed by atoms with Gasteiger partial charge in [0.25, 0.3) is 5.91 Å². The van der Waals surface area contributed by atoms with Crippen LogP contribution in [0.2, 0.25) is 0 Å². The highest BCUT2D eigenvalue weighted by molar-refractivity contribution is 7.12. The Hall–Kier alpha value is -2.01. The molecule has 0 aliphatic heterocycles. The topological polar surface area (TPSA) is 64.3 Å². The number of carbonyl (C=O) groups excluding carboxylic acids is 1. The quantitative estimate of drug-likeness (QED) is 0.832. The molecule has 2 aromatic rings. The number of nitrogen functional groups attached to an aromatic ring is 1. The van der Waals surface area contributed by atoms with Crippen LogP contribution in [0.3, 0.4) is 0 Å². The fourth-order valence-electron chi connectivity index (χ4n) is 1.50. The predicted molar refractivity (Wildman–Crippen MR) is 74.3 cm³/mol. The summed E-state index contributed by atoms with van der Waals surface area (Å²) in [7, 11) is 0. The third-order valence-electron chi connectivity index (χ3n) is 2.33. The molecule has 0 unspecified atom stereocenters. The second-order valence-electron chi connectivity index (χ2n) is 3.61. The van der Waals surface area contributed by atoms with Crippen molar-refractivity contribution < 1.29 is 9.53 Å². The molecule has 0 atom stereocenters. The van der Waals surface area contributed by atoms with Gasteiger partial charge in [0, 0.05) is 6.07 Å². The van der Waals surface area contributed by atoms with Crippen molar-refractivity contribution in [1.82, 2.24) is 0 Å². The van der Waals surface area contributed by atoms with Crippen molar-refractivity contribution in [1.29, 1.82) is 0 Å². The average molecular weight is 262 g/mol. The van der Waals surface area contributed by atoms with Gasteiger partial charge < -0.3 is 15.8 Å². The molecule has 5 heteroatoms. The number of carbonyl (C=O) groups is 1. The van der Waals surface area contributed by atoms with E-state index in [0.717, 1.165) is 0 Å². The molecule has 18 heavy (non-hydrogen) atoms. The minimum atomic E-state index is -0.152. The summed E-state index contributed by atoms with van der Waals surface area (Å²) in [5, 5.41) is 4.63. The molecule has 0 bridgehead atoms. The number of thiophene rings is 1. The van der Waals surface area contributed by atoms with Crippen LogP contribution >= 0.6 is 11.3 Å². The lowest BCUT2D eigenvalue weighted by molar-refractivity contribution is 0.103. The fraction of sp³-hybridized carbons (Fsp3) is 0.154. The molecule has 0 aliphatic rings. The monoisotopic (exact) mass is 262 g/mol. The molecule has 3 N–H and O–H groups in total. The van der Waals surface area contributed by atoms with Crippen LogP contribution in [0.15, 0.2) is 35.7 Å². The third kappa shape index (κ3) is 2.81. The van der Waals surface area contributed by atoms with Crippen molar-refractivity contribution in [3.8, 4) is 5.75 Å². The number of nitrogens with two attached hydrogens (primary N) is 1. The lowest BCUT2D eigenvalue weighted by atomic mass is 10.2. The van der Waals surface area contributed by atoms with Crippen molar-refractivity contribution in [3.05, 3.63) is 40.6 Å². The summed E-state index contributed by atoms with van der Waals surface area (Å²) in [6.45, 7) is 2.49. The number of ether oxygens (including phenoxy) is 1. The van der Waals surface area contributed by atoms with Crippen LogP contribution in [-0.2, 0) is 0 Å². The smallest absolute Gasteiger partial charge is 0.265 e. The van der Waals surface area contributed by atoms with Crippen molar-refractivity contribution in [2.75, 3.05) is 17.7 Å². The number of nitrogens with one attached hydrogen (secondary N) is 1. The highest BCUT2D eigenvalue weighted by atomic mass is 32.1. The molecule has 1 aromatic carbocycles. The van der Waals surface area contributed by atoms with E-state index >= 15 is 0 Å². The van der Waals surface area contributed by atoms with E-state index < -0.39 is 0 Å². The first-order valence-corrected chi connectivity index (χ1v) is 6.46. The van der Waals surface area contributed by atoms with Crippen LogP contribution in [0.1, 0.15) is 16.6 Å². The molecule has 2 rings (SSSR count). The van der Waals surface area contributed by atoms with Crippen LogP contribution in [0.5, 0.6) is 5.75 Å². The molecule has 0 spiro atoms. The Morgan fingerprint density at radius 1 is 1.44 bits per heavy atom. The third-order valence-corrected chi connectivity index (χ3v) is 3.20. The van der Waals surface area contributed by atoms with E-state index in [-0.39, 0.29) is 5.91 Å². The molecule has 94 valence electrons. The first-order valence-electron chi connectivity index (χ1n) is 5.58. The minimum absolute atomic E-state index is 0.152. The van der Waals surface area contributed by atoms with E-state index in [9.17, 15) is 4.79 Å². The van der Waals surface area contributed by atoms with Gasteiger partial charge in [-0.1, -0.05) is 6.07 Å². The van der Waals surface area contributed by atoms with Crippen molar-refractivity contribution in [2.24, 2.45) is 0 Å². The molecule has 1 amide bonds. The van der Waals surface area contributed by atoms with Gasteiger partial charge in [0.15, 0.2) is 0 Å². The highest BCUT2D eigenvalue weighted by Gasteiger charge is 2.09.